The smallest absolute Gasteiger partial charge is 0.362 e. The van der Waals surface area contributed by atoms with Gasteiger partial charge in [0, 0.05) is 11.3 Å². The van der Waals surface area contributed by atoms with Crippen LogP contribution in [0.5, 0.6) is 0 Å². The lowest BCUT2D eigenvalue weighted by molar-refractivity contribution is -0.314. The highest BCUT2D eigenvalue weighted by Crippen LogP contribution is 2.52. The fraction of sp³-hybridized carbons (Fsp3) is 0.600. The maximum Gasteiger partial charge on any atom is 0.439 e. The second-order valence-corrected chi connectivity index (χ2v) is 8.69. The van der Waals surface area contributed by atoms with Crippen molar-refractivity contribution >= 4 is 11.6 Å². The van der Waals surface area contributed by atoms with E-state index in [0.29, 0.717) is 12.8 Å². The number of carbonyl (C=O) groups excluding carboxylic acids is 1. The van der Waals surface area contributed by atoms with E-state index in [9.17, 15) is 23.1 Å². The molecule has 0 unspecified atom stereocenters. The van der Waals surface area contributed by atoms with Crippen molar-refractivity contribution in [2.45, 2.75) is 58.9 Å². The molecule has 0 spiro atoms. The minimum Gasteiger partial charge on any atom is -0.362 e. The van der Waals surface area contributed by atoms with Crippen LogP contribution in [-0.2, 0) is 0 Å². The van der Waals surface area contributed by atoms with Gasteiger partial charge in [-0.2, -0.15) is 23.3 Å². The summed E-state index contributed by atoms with van der Waals surface area (Å²) in [5.41, 5.74) is -2.29. The van der Waals surface area contributed by atoms with Crippen molar-refractivity contribution in [3.63, 3.8) is 0 Å². The molecule has 1 saturated carbocycles. The van der Waals surface area contributed by atoms with Crippen LogP contribution in [0.2, 0.25) is 0 Å². The number of hydrogen-bond donors (Lipinski definition) is 1. The van der Waals surface area contributed by atoms with Gasteiger partial charge in [0.25, 0.3) is 11.6 Å². The largest absolute Gasteiger partial charge is 0.439 e. The molecule has 1 aliphatic heterocycles. The lowest BCUT2D eigenvalue weighted by atomic mass is 9.66. The normalized spacial score (nSPS) is 28.7. The number of fused-ring (bicyclic) bond motifs is 1. The Morgan fingerprint density at radius 3 is 2.33 bits per heavy atom. The first-order valence-electron chi connectivity index (χ1n) is 9.13. The minimum atomic E-state index is -5.01. The molecule has 0 bridgehead atoms. The van der Waals surface area contributed by atoms with Crippen LogP contribution < -0.4 is 0 Å². The Morgan fingerprint density at radius 1 is 1.22 bits per heavy atom. The molecule has 148 valence electrons. The van der Waals surface area contributed by atoms with Crippen LogP contribution in [0, 0.1) is 24.2 Å². The Hall–Kier alpha value is -1.89. The summed E-state index contributed by atoms with van der Waals surface area (Å²) >= 11 is 0. The predicted molar refractivity (Wildman–Crippen MR) is 96.1 cm³/mol. The van der Waals surface area contributed by atoms with Crippen LogP contribution in [0.3, 0.4) is 0 Å². The highest BCUT2D eigenvalue weighted by atomic mass is 19.4. The van der Waals surface area contributed by atoms with Crippen molar-refractivity contribution in [3.8, 4) is 0 Å². The Bertz CT molecular complexity index is 765. The number of nitrogens with zero attached hydrogens (tertiary/aromatic N) is 2. The van der Waals surface area contributed by atoms with Gasteiger partial charge >= 0.3 is 6.18 Å². The van der Waals surface area contributed by atoms with Gasteiger partial charge in [0.1, 0.15) is 0 Å². The third-order valence-corrected chi connectivity index (χ3v) is 5.84. The van der Waals surface area contributed by atoms with Gasteiger partial charge < -0.3 is 5.11 Å². The average molecular weight is 382 g/mol. The third-order valence-electron chi connectivity index (χ3n) is 5.84. The van der Waals surface area contributed by atoms with Crippen molar-refractivity contribution in [3.05, 3.63) is 35.4 Å². The van der Waals surface area contributed by atoms with Crippen molar-refractivity contribution in [2.75, 3.05) is 0 Å². The zero-order valence-corrected chi connectivity index (χ0v) is 16.0. The van der Waals surface area contributed by atoms with Crippen LogP contribution in [-0.4, -0.2) is 33.6 Å². The van der Waals surface area contributed by atoms with Crippen molar-refractivity contribution < 1.29 is 23.1 Å². The van der Waals surface area contributed by atoms with E-state index in [1.165, 1.54) is 12.1 Å². The van der Waals surface area contributed by atoms with E-state index in [0.717, 1.165) is 5.56 Å². The molecule has 0 radical (unpaired) electrons. The van der Waals surface area contributed by atoms with E-state index >= 15 is 0 Å². The van der Waals surface area contributed by atoms with Crippen LogP contribution in [0.4, 0.5) is 13.2 Å². The fourth-order valence-electron chi connectivity index (χ4n) is 4.03. The predicted octanol–water partition coefficient (Wildman–Crippen LogP) is 4.52. The highest BCUT2D eigenvalue weighted by Gasteiger charge is 2.69. The quantitative estimate of drug-likeness (QED) is 0.776. The summed E-state index contributed by atoms with van der Waals surface area (Å²) < 4.78 is 42.0. The maximum absolute atomic E-state index is 14.0. The number of hydrogen-bond acceptors (Lipinski definition) is 3. The number of benzene rings is 1. The van der Waals surface area contributed by atoms with Crippen molar-refractivity contribution in [1.82, 2.24) is 5.01 Å². The molecule has 1 aromatic carbocycles. The lowest BCUT2D eigenvalue weighted by Crippen LogP contribution is -2.62. The molecule has 27 heavy (non-hydrogen) atoms. The average Bonchev–Trinajstić information content (AvgIpc) is 2.88. The summed E-state index contributed by atoms with van der Waals surface area (Å²) in [6, 6.07) is 6.20. The maximum atomic E-state index is 14.0. The Labute approximate surface area is 157 Å². The summed E-state index contributed by atoms with van der Waals surface area (Å²) in [6.45, 7) is 7.77. The molecule has 7 heteroatoms. The van der Waals surface area contributed by atoms with E-state index in [1.54, 1.807) is 12.1 Å². The van der Waals surface area contributed by atoms with Gasteiger partial charge in [0.05, 0.1) is 5.92 Å². The van der Waals surface area contributed by atoms with Crippen LogP contribution in [0.15, 0.2) is 29.4 Å². The third kappa shape index (κ3) is 3.26. The lowest BCUT2D eigenvalue weighted by Gasteiger charge is -2.42. The second kappa shape index (κ2) is 6.33. The van der Waals surface area contributed by atoms with E-state index in [1.807, 2.05) is 27.7 Å². The molecule has 1 amide bonds. The first-order valence-corrected chi connectivity index (χ1v) is 9.13. The van der Waals surface area contributed by atoms with Crippen LogP contribution in [0.25, 0.3) is 0 Å². The monoisotopic (exact) mass is 382 g/mol. The Kier molecular flexibility index (Phi) is 4.65. The van der Waals surface area contributed by atoms with Crippen LogP contribution >= 0.6 is 0 Å². The van der Waals surface area contributed by atoms with Crippen molar-refractivity contribution in [2.24, 2.45) is 22.4 Å². The first-order chi connectivity index (χ1) is 12.4. The molecule has 3 atom stereocenters. The number of hydrazone groups is 1. The SMILES string of the molecule is Cc1ccc(C(=O)N2N=C3CC[C@H](C(C)(C)C)C[C@@H]3[C@@]2(O)C(F)(F)F)cc1. The number of alkyl halides is 3. The topological polar surface area (TPSA) is 52.9 Å². The number of aliphatic hydroxyl groups is 1. The number of halogens is 3. The second-order valence-electron chi connectivity index (χ2n) is 8.69. The molecule has 1 heterocycles. The van der Waals surface area contributed by atoms with Crippen LogP contribution in [0.1, 0.15) is 56.0 Å². The molecule has 3 rings (SSSR count). The first kappa shape index (κ1) is 19.9. The molecule has 4 nitrogen and oxygen atoms in total. The fourth-order valence-corrected chi connectivity index (χ4v) is 4.03. The van der Waals surface area contributed by atoms with Gasteiger partial charge in [0.15, 0.2) is 0 Å². The Balaban J connectivity index is 2.01. The molecule has 1 fully saturated rings. The van der Waals surface area contributed by atoms with E-state index in [-0.39, 0.29) is 34.0 Å². The summed E-state index contributed by atoms with van der Waals surface area (Å²) in [6.07, 6.45) is -3.82. The standard InChI is InChI=1S/C20H25F3N2O2/c1-12-5-7-13(8-6-12)17(26)25-19(27,20(21,22)23)15-11-14(18(2,3)4)9-10-16(15)24-25/h5-8,14-15,27H,9-11H2,1-4H3/t14-,15-,19+/m0/s1. The molecule has 2 aliphatic rings. The summed E-state index contributed by atoms with van der Waals surface area (Å²) in [5.74, 6) is -2.17. The van der Waals surface area contributed by atoms with Crippen molar-refractivity contribution in [1.29, 1.82) is 0 Å². The number of rotatable bonds is 1. The van der Waals surface area contributed by atoms with Gasteiger partial charge in [-0.3, -0.25) is 4.79 Å². The summed E-state index contributed by atoms with van der Waals surface area (Å²) in [7, 11) is 0. The molecule has 1 aliphatic carbocycles. The highest BCUT2D eigenvalue weighted by molar-refractivity contribution is 5.99. The van der Waals surface area contributed by atoms with E-state index in [4.69, 9.17) is 0 Å². The van der Waals surface area contributed by atoms with Gasteiger partial charge in [-0.05, 0) is 49.7 Å². The molecular formula is C20H25F3N2O2. The van der Waals surface area contributed by atoms with Gasteiger partial charge in [-0.15, -0.1) is 0 Å². The van der Waals surface area contributed by atoms with Gasteiger partial charge in [-0.1, -0.05) is 38.5 Å². The van der Waals surface area contributed by atoms with E-state index in [2.05, 4.69) is 5.10 Å². The number of aryl methyl sites for hydroxylation is 1. The number of amides is 1. The minimum absolute atomic E-state index is 0.00440. The molecule has 1 aromatic rings. The molecule has 1 N–H and O–H groups in total. The molecular weight excluding hydrogens is 357 g/mol. The summed E-state index contributed by atoms with van der Waals surface area (Å²) in [5, 5.41) is 15.1. The molecule has 0 aromatic heterocycles. The van der Waals surface area contributed by atoms with Gasteiger partial charge in [0.2, 0.25) is 0 Å². The molecule has 0 saturated heterocycles. The Morgan fingerprint density at radius 2 is 1.81 bits per heavy atom. The zero-order chi connectivity index (χ0) is 20.2. The summed E-state index contributed by atoms with van der Waals surface area (Å²) in [4.78, 5) is 12.8. The number of carbonyl (C=O) groups is 1. The van der Waals surface area contributed by atoms with E-state index < -0.39 is 23.7 Å². The van der Waals surface area contributed by atoms with Gasteiger partial charge in [-0.25, -0.2) is 0 Å². The zero-order valence-electron chi connectivity index (χ0n) is 16.0.